The van der Waals surface area contributed by atoms with Crippen molar-refractivity contribution in [1.29, 1.82) is 0 Å². The normalized spacial score (nSPS) is 17.3. The lowest BCUT2D eigenvalue weighted by Gasteiger charge is -2.30. The van der Waals surface area contributed by atoms with Gasteiger partial charge in [0.1, 0.15) is 23.2 Å². The van der Waals surface area contributed by atoms with E-state index in [0.717, 1.165) is 19.2 Å². The maximum absolute atomic E-state index is 13.7. The van der Waals surface area contributed by atoms with E-state index in [2.05, 4.69) is 17.5 Å². The predicted molar refractivity (Wildman–Crippen MR) is 109 cm³/mol. The number of halogens is 4. The number of amides is 2. The molecular weight excluding hydrogens is 462 g/mol. The number of hydrogen-bond acceptors (Lipinski definition) is 5. The van der Waals surface area contributed by atoms with E-state index in [-0.39, 0.29) is 17.4 Å². The molecule has 2 amide bonds. The number of hydrogen-bond donors (Lipinski definition) is 3. The van der Waals surface area contributed by atoms with Gasteiger partial charge in [-0.15, -0.1) is 0 Å². The van der Waals surface area contributed by atoms with Crippen molar-refractivity contribution in [2.45, 2.75) is 6.18 Å². The van der Waals surface area contributed by atoms with Crippen LogP contribution in [0.2, 0.25) is 0 Å². The number of aromatic nitrogens is 2. The lowest BCUT2D eigenvalue weighted by molar-refractivity contribution is -0.927. The first-order valence-electron chi connectivity index (χ1n) is 9.84. The molecule has 0 aliphatic carbocycles. The molecule has 4 N–H and O–H groups in total. The molecule has 0 bridgehead atoms. The van der Waals surface area contributed by atoms with Crippen LogP contribution in [0.4, 0.5) is 23.2 Å². The van der Waals surface area contributed by atoms with Crippen LogP contribution in [-0.2, 0) is 9.59 Å². The van der Waals surface area contributed by atoms with Crippen LogP contribution in [0, 0.1) is 11.7 Å². The number of carbonyl (C=O) groups is 3. The van der Waals surface area contributed by atoms with E-state index in [0.29, 0.717) is 22.3 Å². The smallest absolute Gasteiger partial charge is 0.430 e. The fraction of sp³-hybridized carbons (Fsp3) is 0.238. The standard InChI is InChI=1S/C19H18FN5O2.C2HF3O2/c1-24-8-12(9-24)19(27)22-14-2-4-15(5-3-14)25-10-11-6-13(20)7-16(18(21)26)17(11)23-25;3-2(4,5)1(6)7/h2-7,10,12H,8-9H2,1H3,(H2,21,26)(H,22,27);(H,6,7). The number of nitrogens with two attached hydrogens (primary N) is 1. The molecule has 0 spiro atoms. The first kappa shape index (κ1) is 24.6. The number of alkyl halides is 3. The number of primary amides is 1. The second kappa shape index (κ2) is 9.47. The summed E-state index contributed by atoms with van der Waals surface area (Å²) in [5.74, 6) is -4.20. The molecule has 3 aromatic rings. The Kier molecular flexibility index (Phi) is 6.86. The Morgan fingerprint density at radius 2 is 1.76 bits per heavy atom. The van der Waals surface area contributed by atoms with Crippen molar-refractivity contribution in [1.82, 2.24) is 9.78 Å². The second-order valence-corrected chi connectivity index (χ2v) is 7.71. The van der Waals surface area contributed by atoms with Crippen LogP contribution in [0.15, 0.2) is 42.6 Å². The van der Waals surface area contributed by atoms with Crippen LogP contribution in [0.5, 0.6) is 0 Å². The second-order valence-electron chi connectivity index (χ2n) is 7.71. The number of rotatable bonds is 4. The quantitative estimate of drug-likeness (QED) is 0.438. The highest BCUT2D eigenvalue weighted by atomic mass is 19.4. The number of fused-ring (bicyclic) bond motifs is 1. The summed E-state index contributed by atoms with van der Waals surface area (Å²) in [5.41, 5.74) is 7.12. The number of carboxylic acid groups (broad SMARTS) is 1. The monoisotopic (exact) mass is 481 g/mol. The summed E-state index contributed by atoms with van der Waals surface area (Å²) in [5, 5.41) is 16.5. The molecule has 34 heavy (non-hydrogen) atoms. The van der Waals surface area contributed by atoms with E-state index in [1.54, 1.807) is 35.1 Å². The zero-order chi connectivity index (χ0) is 25.2. The molecule has 0 saturated carbocycles. The van der Waals surface area contributed by atoms with Gasteiger partial charge in [0.15, 0.2) is 0 Å². The van der Waals surface area contributed by atoms with Crippen LogP contribution in [0.1, 0.15) is 10.4 Å². The minimum absolute atomic E-state index is 0.0275. The molecule has 0 unspecified atom stereocenters. The van der Waals surface area contributed by atoms with E-state index in [4.69, 9.17) is 15.6 Å². The summed E-state index contributed by atoms with van der Waals surface area (Å²) < 4.78 is 46.8. The predicted octanol–water partition coefficient (Wildman–Crippen LogP) is -0.355. The highest BCUT2D eigenvalue weighted by Crippen LogP contribution is 2.22. The summed E-state index contributed by atoms with van der Waals surface area (Å²) in [7, 11) is 2.06. The fourth-order valence-corrected chi connectivity index (χ4v) is 3.33. The van der Waals surface area contributed by atoms with Crippen molar-refractivity contribution in [3.8, 4) is 5.69 Å². The molecule has 9 nitrogen and oxygen atoms in total. The maximum Gasteiger partial charge on any atom is 0.430 e. The number of carbonyl (C=O) groups excluding carboxylic acids is 3. The molecule has 0 atom stereocenters. The molecule has 1 aliphatic rings. The van der Waals surface area contributed by atoms with Gasteiger partial charge >= 0.3 is 6.18 Å². The zero-order valence-corrected chi connectivity index (χ0v) is 17.6. The molecule has 2 aromatic carbocycles. The Balaban J connectivity index is 0.000000406. The van der Waals surface area contributed by atoms with Crippen molar-refractivity contribution in [3.05, 3.63) is 54.0 Å². The molecule has 13 heteroatoms. The van der Waals surface area contributed by atoms with Gasteiger partial charge in [0.25, 0.3) is 5.91 Å². The van der Waals surface area contributed by atoms with Crippen LogP contribution in [0.3, 0.4) is 0 Å². The van der Waals surface area contributed by atoms with Crippen LogP contribution in [-0.4, -0.2) is 53.9 Å². The van der Waals surface area contributed by atoms with Gasteiger partial charge in [0, 0.05) is 17.3 Å². The summed E-state index contributed by atoms with van der Waals surface area (Å²) in [6, 6.07) is 9.53. The lowest BCUT2D eigenvalue weighted by atomic mass is 10.0. The lowest BCUT2D eigenvalue weighted by Crippen LogP contribution is -3.18. The number of likely N-dealkylation sites (tertiary alicyclic amines) is 1. The molecule has 1 saturated heterocycles. The molecule has 1 fully saturated rings. The largest absolute Gasteiger partial charge is 0.542 e. The highest BCUT2D eigenvalue weighted by Gasteiger charge is 2.34. The third-order valence-electron chi connectivity index (χ3n) is 5.03. The first-order valence-corrected chi connectivity index (χ1v) is 9.84. The molecular formula is C21H19F4N5O4. The van der Waals surface area contributed by atoms with E-state index in [9.17, 15) is 27.2 Å². The Morgan fingerprint density at radius 3 is 2.26 bits per heavy atom. The minimum Gasteiger partial charge on any atom is -0.542 e. The van der Waals surface area contributed by atoms with Crippen LogP contribution >= 0.6 is 0 Å². The number of carboxylic acids is 1. The molecule has 1 aromatic heterocycles. The van der Waals surface area contributed by atoms with Crippen molar-refractivity contribution >= 4 is 34.4 Å². The molecule has 4 rings (SSSR count). The highest BCUT2D eigenvalue weighted by molar-refractivity contribution is 6.04. The number of nitrogens with one attached hydrogen (secondary N) is 2. The van der Waals surface area contributed by atoms with Crippen molar-refractivity contribution < 1.29 is 42.0 Å². The van der Waals surface area contributed by atoms with E-state index < -0.39 is 23.9 Å². The number of anilines is 1. The van der Waals surface area contributed by atoms with E-state index in [1.807, 2.05) is 0 Å². The Hall–Kier alpha value is -4.00. The Morgan fingerprint density at radius 1 is 1.18 bits per heavy atom. The van der Waals surface area contributed by atoms with Gasteiger partial charge in [-0.3, -0.25) is 9.59 Å². The molecule has 2 heterocycles. The van der Waals surface area contributed by atoms with Gasteiger partial charge in [-0.1, -0.05) is 0 Å². The number of benzene rings is 2. The van der Waals surface area contributed by atoms with E-state index in [1.165, 1.54) is 11.0 Å². The van der Waals surface area contributed by atoms with Gasteiger partial charge in [-0.05, 0) is 36.4 Å². The summed E-state index contributed by atoms with van der Waals surface area (Å²) >= 11 is 0. The van der Waals surface area contributed by atoms with Gasteiger partial charge < -0.3 is 25.9 Å². The Labute approximate surface area is 189 Å². The first-order chi connectivity index (χ1) is 15.8. The topological polar surface area (TPSA) is 135 Å². The third-order valence-corrected chi connectivity index (χ3v) is 5.03. The SMILES string of the molecule is C[NH+]1CC(C(=O)Nc2ccc(-n3cc4cc(F)cc(C(N)=O)c4n3)cc2)C1.O=C([O-])C(F)(F)F. The van der Waals surface area contributed by atoms with Crippen LogP contribution in [0.25, 0.3) is 16.6 Å². The fourth-order valence-electron chi connectivity index (χ4n) is 3.33. The molecule has 180 valence electrons. The number of nitrogens with zero attached hydrogens (tertiary/aromatic N) is 2. The molecule has 1 aliphatic heterocycles. The Bertz CT molecular complexity index is 1230. The average Bonchev–Trinajstić information content (AvgIpc) is 3.14. The van der Waals surface area contributed by atoms with Gasteiger partial charge in [0.2, 0.25) is 5.91 Å². The number of quaternary nitrogens is 1. The summed E-state index contributed by atoms with van der Waals surface area (Å²) in [6.45, 7) is 1.70. The van der Waals surface area contributed by atoms with Crippen molar-refractivity contribution in [2.75, 3.05) is 25.5 Å². The summed E-state index contributed by atoms with van der Waals surface area (Å²) in [4.78, 5) is 33.8. The van der Waals surface area contributed by atoms with Crippen molar-refractivity contribution in [3.63, 3.8) is 0 Å². The van der Waals surface area contributed by atoms with Crippen LogP contribution < -0.4 is 21.1 Å². The average molecular weight is 481 g/mol. The third kappa shape index (κ3) is 5.67. The van der Waals surface area contributed by atoms with Gasteiger partial charge in [-0.2, -0.15) is 18.3 Å². The molecule has 0 radical (unpaired) electrons. The van der Waals surface area contributed by atoms with Gasteiger partial charge in [0.05, 0.1) is 31.4 Å². The minimum atomic E-state index is -5.19. The number of aliphatic carboxylic acids is 1. The van der Waals surface area contributed by atoms with Crippen molar-refractivity contribution in [2.24, 2.45) is 11.7 Å². The van der Waals surface area contributed by atoms with Gasteiger partial charge in [-0.25, -0.2) is 9.07 Å². The summed E-state index contributed by atoms with van der Waals surface area (Å²) in [6.07, 6.45) is -3.56. The maximum atomic E-state index is 13.7. The zero-order valence-electron chi connectivity index (χ0n) is 17.6. The van der Waals surface area contributed by atoms with E-state index >= 15 is 0 Å².